The molecule has 0 spiro atoms. The molecule has 25 heteroatoms. The average Bonchev–Trinajstić information content (AvgIpc) is 2.64. The zero-order chi connectivity index (χ0) is 28.0. The van der Waals surface area contributed by atoms with E-state index in [-0.39, 0.29) is 31.0 Å². The van der Waals surface area contributed by atoms with Crippen molar-refractivity contribution in [1.29, 1.82) is 0 Å². The molecule has 202 valence electrons. The first-order valence-corrected chi connectivity index (χ1v) is 11.3. The van der Waals surface area contributed by atoms with Crippen LogP contribution in [0.25, 0.3) is 0 Å². The molecule has 0 fully saturated rings. The van der Waals surface area contributed by atoms with Crippen LogP contribution in [0.1, 0.15) is 1.43 Å². The minimum absolute atomic E-state index is 0. The maximum atomic E-state index is 13.6. The van der Waals surface area contributed by atoms with E-state index in [4.69, 9.17) is 0 Å². The number of hydrogen-bond acceptors (Lipinski definition) is 6. The first-order chi connectivity index (χ1) is 14.7. The third-order valence-corrected chi connectivity index (χ3v) is 11.9. The summed E-state index contributed by atoms with van der Waals surface area (Å²) in [6.45, 7) is 0. The Morgan fingerprint density at radius 1 is 0.457 bits per heavy atom. The van der Waals surface area contributed by atoms with E-state index in [1.165, 1.54) is 0 Å². The predicted molar refractivity (Wildman–Crippen MR) is 77.6 cm³/mol. The van der Waals surface area contributed by atoms with Gasteiger partial charge in [-0.25, -0.2) is 25.3 Å². The van der Waals surface area contributed by atoms with Gasteiger partial charge in [0.15, 0.2) is 0 Å². The van der Waals surface area contributed by atoms with Gasteiger partial charge in [0.1, 0.15) is 0 Å². The van der Waals surface area contributed by atoms with Crippen molar-refractivity contribution >= 4 is 29.5 Å². The second-order valence-electron chi connectivity index (χ2n) is 5.20. The summed E-state index contributed by atoms with van der Waals surface area (Å²) in [6.07, 6.45) is -13.5. The van der Waals surface area contributed by atoms with E-state index in [9.17, 15) is 91.1 Å². The van der Waals surface area contributed by atoms with Crippen LogP contribution in [0.3, 0.4) is 0 Å². The van der Waals surface area contributed by atoms with E-state index in [2.05, 4.69) is 0 Å². The molecule has 0 aliphatic rings. The largest absolute Gasteiger partial charge is 1.00 e. The smallest absolute Gasteiger partial charge is 1.00 e. The van der Waals surface area contributed by atoms with Gasteiger partial charge >= 0.3 is 63.6 Å². The first kappa shape index (κ1) is 36.2. The van der Waals surface area contributed by atoms with Gasteiger partial charge in [0, 0.05) is 0 Å². The molecule has 0 unspecified atom stereocenters. The van der Waals surface area contributed by atoms with Gasteiger partial charge in [0.2, 0.25) is 17.5 Å². The van der Waals surface area contributed by atoms with Crippen molar-refractivity contribution in [2.75, 3.05) is 0 Å². The number of alkyl halides is 6. The quantitative estimate of drug-likeness (QED) is 0.287. The van der Waals surface area contributed by atoms with Crippen LogP contribution in [0.4, 0.5) is 65.9 Å². The molecular weight excluding hydrogens is 620 g/mol. The summed E-state index contributed by atoms with van der Waals surface area (Å²) in [5.41, 5.74) is 0. The summed E-state index contributed by atoms with van der Waals surface area (Å²) in [5.74, 6) is -14.2. The molecule has 0 aromatic carbocycles. The Labute approximate surface area is 206 Å². The van der Waals surface area contributed by atoms with Gasteiger partial charge in [-0.15, -0.1) is 0 Å². The van der Waals surface area contributed by atoms with E-state index in [0.29, 0.717) is 0 Å². The second kappa shape index (κ2) is 10.8. The van der Waals surface area contributed by atoms with Crippen molar-refractivity contribution in [3.8, 4) is 0 Å². The summed E-state index contributed by atoms with van der Waals surface area (Å²) in [4.78, 5) is 0. The molecule has 0 radical (unpaired) electrons. The van der Waals surface area contributed by atoms with Gasteiger partial charge in [0.05, 0.1) is 0 Å². The van der Waals surface area contributed by atoms with Gasteiger partial charge in [-0.2, -0.15) is 65.9 Å². The number of sulfone groups is 3. The minimum Gasteiger partial charge on any atom is -1.00 e. The van der Waals surface area contributed by atoms with E-state index in [0.717, 1.165) is 0 Å². The van der Waals surface area contributed by atoms with E-state index in [1.807, 2.05) is 0 Å². The standard InChI is InChI=1S/C10HF15O6S3.Na.H/c11-1(4(14)15)8(20,21)32(26,27)7(33(28,29)9(22,23)2(12)5(16)17)34(30,31)10(24,25)3(13)6(18)19;;/h7H;;/q;+1;-1. The molecule has 0 aliphatic carbocycles. The normalized spacial score (nSPS) is 13.7. The van der Waals surface area contributed by atoms with Crippen LogP contribution in [0.5, 0.6) is 0 Å². The molecule has 0 aliphatic heterocycles. The van der Waals surface area contributed by atoms with Crippen molar-refractivity contribution in [2.45, 2.75) is 19.7 Å². The molecule has 0 atom stereocenters. The molecule has 0 saturated carbocycles. The van der Waals surface area contributed by atoms with Gasteiger partial charge in [-0.05, 0) is 0 Å². The zero-order valence-electron chi connectivity index (χ0n) is 16.4. The fourth-order valence-corrected chi connectivity index (χ4v) is 9.45. The van der Waals surface area contributed by atoms with Gasteiger partial charge < -0.3 is 1.43 Å². The maximum Gasteiger partial charge on any atom is 1.00 e. The zero-order valence-corrected chi connectivity index (χ0v) is 19.9. The number of halogens is 15. The molecular formula is C10H2F15NaO6S3. The second-order valence-corrected chi connectivity index (χ2v) is 12.3. The van der Waals surface area contributed by atoms with E-state index < -0.39 is 84.9 Å². The molecule has 0 aromatic rings. The first-order valence-electron chi connectivity index (χ1n) is 6.65. The molecule has 0 heterocycles. The Balaban J connectivity index is -0.00000544. The summed E-state index contributed by atoms with van der Waals surface area (Å²) < 4.78 is 256. The van der Waals surface area contributed by atoms with Crippen LogP contribution in [0.15, 0.2) is 35.7 Å². The fourth-order valence-electron chi connectivity index (χ4n) is 1.57. The van der Waals surface area contributed by atoms with E-state index >= 15 is 0 Å². The van der Waals surface area contributed by atoms with Crippen molar-refractivity contribution in [1.82, 2.24) is 0 Å². The van der Waals surface area contributed by atoms with Crippen molar-refractivity contribution < 1.29 is 122 Å². The van der Waals surface area contributed by atoms with Gasteiger partial charge in [-0.1, -0.05) is 0 Å². The summed E-state index contributed by atoms with van der Waals surface area (Å²) in [5, 5.41) is -22.3. The molecule has 0 N–H and O–H groups in total. The van der Waals surface area contributed by atoms with Crippen LogP contribution < -0.4 is 29.6 Å². The van der Waals surface area contributed by atoms with Crippen molar-refractivity contribution in [2.24, 2.45) is 0 Å². The Morgan fingerprint density at radius 3 is 0.714 bits per heavy atom. The minimum atomic E-state index is -8.80. The van der Waals surface area contributed by atoms with E-state index in [1.54, 1.807) is 0 Å². The average molecular weight is 622 g/mol. The number of rotatable bonds is 9. The number of hydrogen-bond donors (Lipinski definition) is 0. The molecule has 0 aromatic heterocycles. The van der Waals surface area contributed by atoms with Gasteiger partial charge in [-0.3, -0.25) is 0 Å². The molecule has 0 saturated heterocycles. The molecule has 0 rings (SSSR count). The molecule has 0 bridgehead atoms. The monoisotopic (exact) mass is 622 g/mol. The molecule has 35 heavy (non-hydrogen) atoms. The molecule has 6 nitrogen and oxygen atoms in total. The van der Waals surface area contributed by atoms with Crippen LogP contribution in [-0.4, -0.2) is 44.9 Å². The summed E-state index contributed by atoms with van der Waals surface area (Å²) in [7, 11) is -26.4. The third-order valence-electron chi connectivity index (χ3n) is 3.10. The summed E-state index contributed by atoms with van der Waals surface area (Å²) >= 11 is 0. The van der Waals surface area contributed by atoms with Crippen LogP contribution in [0, 0.1) is 0 Å². The van der Waals surface area contributed by atoms with Gasteiger partial charge in [0.25, 0.3) is 33.4 Å². The SMILES string of the molecule is O=S(=O)(C(S(=O)(=O)C(F)(F)C(F)=C(F)F)S(=O)(=O)C(F)(F)C(F)=C(F)F)C(F)(F)C(F)=C(F)F.[H-].[Na+]. The van der Waals surface area contributed by atoms with Crippen molar-refractivity contribution in [3.05, 3.63) is 35.7 Å². The van der Waals surface area contributed by atoms with Crippen LogP contribution >= 0.6 is 0 Å². The Morgan fingerprint density at radius 2 is 0.600 bits per heavy atom. The predicted octanol–water partition coefficient (Wildman–Crippen LogP) is 1.64. The fraction of sp³-hybridized carbons (Fsp3) is 0.400. The Hall–Kier alpha value is -0.980. The maximum absolute atomic E-state index is 13.6. The Bertz CT molecular complexity index is 1100. The van der Waals surface area contributed by atoms with Crippen LogP contribution in [0.2, 0.25) is 0 Å². The van der Waals surface area contributed by atoms with Crippen molar-refractivity contribution in [3.63, 3.8) is 0 Å². The van der Waals surface area contributed by atoms with Crippen LogP contribution in [-0.2, 0) is 29.5 Å². The third kappa shape index (κ3) is 5.80. The topological polar surface area (TPSA) is 102 Å². The molecule has 0 amide bonds. The Kier molecular flexibility index (Phi) is 11.2. The summed E-state index contributed by atoms with van der Waals surface area (Å²) in [6, 6.07) is 0.